The number of rotatable bonds is 4. The fourth-order valence-corrected chi connectivity index (χ4v) is 3.64. The van der Waals surface area contributed by atoms with Crippen molar-refractivity contribution in [3.8, 4) is 5.75 Å². The van der Waals surface area contributed by atoms with Gasteiger partial charge in [-0.05, 0) is 36.6 Å². The fraction of sp³-hybridized carbons (Fsp3) is 0.500. The molecule has 0 N–H and O–H groups in total. The molecule has 0 saturated carbocycles. The maximum absolute atomic E-state index is 6.30. The van der Waals surface area contributed by atoms with Crippen molar-refractivity contribution in [3.05, 3.63) is 54.3 Å². The molecule has 0 amide bonds. The van der Waals surface area contributed by atoms with Crippen LogP contribution in [0.4, 0.5) is 0 Å². The van der Waals surface area contributed by atoms with Crippen LogP contribution in [0.3, 0.4) is 0 Å². The highest BCUT2D eigenvalue weighted by molar-refractivity contribution is 5.26. The normalized spacial score (nSPS) is 33.7. The van der Waals surface area contributed by atoms with Crippen LogP contribution in [0.2, 0.25) is 0 Å². The third kappa shape index (κ3) is 3.59. The van der Waals surface area contributed by atoms with E-state index in [1.807, 2.05) is 36.4 Å². The molecule has 3 aliphatic rings. The molecule has 3 heterocycles. The molecule has 0 bridgehead atoms. The lowest BCUT2D eigenvalue weighted by atomic mass is 9.90. The molecule has 0 radical (unpaired) electrons. The van der Waals surface area contributed by atoms with Gasteiger partial charge in [0.25, 0.3) is 0 Å². The van der Waals surface area contributed by atoms with Crippen molar-refractivity contribution in [2.45, 2.75) is 50.0 Å². The molecule has 5 heteroatoms. The Labute approximate surface area is 148 Å². The Balaban J connectivity index is 1.49. The number of hydrogen-bond acceptors (Lipinski definition) is 5. The Morgan fingerprint density at radius 3 is 2.64 bits per heavy atom. The lowest BCUT2D eigenvalue weighted by molar-refractivity contribution is -0.249. The van der Waals surface area contributed by atoms with Crippen LogP contribution in [-0.4, -0.2) is 44.2 Å². The fourth-order valence-electron chi connectivity index (χ4n) is 3.64. The zero-order valence-electron chi connectivity index (χ0n) is 14.4. The van der Waals surface area contributed by atoms with Crippen molar-refractivity contribution in [2.75, 3.05) is 13.7 Å². The molecule has 0 aliphatic carbocycles. The van der Waals surface area contributed by atoms with Crippen LogP contribution in [0, 0.1) is 0 Å². The van der Waals surface area contributed by atoms with E-state index >= 15 is 0 Å². The molecule has 5 atom stereocenters. The molecule has 25 heavy (non-hydrogen) atoms. The highest BCUT2D eigenvalue weighted by Gasteiger charge is 2.48. The van der Waals surface area contributed by atoms with Crippen LogP contribution >= 0.6 is 0 Å². The predicted molar refractivity (Wildman–Crippen MR) is 92.4 cm³/mol. The van der Waals surface area contributed by atoms with Crippen molar-refractivity contribution in [1.29, 1.82) is 0 Å². The number of fused-ring (bicyclic) bond motifs is 2. The molecule has 0 aromatic heterocycles. The van der Waals surface area contributed by atoms with Gasteiger partial charge < -0.3 is 23.7 Å². The number of ether oxygens (including phenoxy) is 5. The molecule has 134 valence electrons. The van der Waals surface area contributed by atoms with E-state index in [0.717, 1.165) is 24.2 Å². The van der Waals surface area contributed by atoms with E-state index in [9.17, 15) is 0 Å². The van der Waals surface area contributed by atoms with Gasteiger partial charge in [-0.2, -0.15) is 0 Å². The minimum atomic E-state index is -0.157. The van der Waals surface area contributed by atoms with Crippen LogP contribution < -0.4 is 4.74 Å². The highest BCUT2D eigenvalue weighted by atomic mass is 16.6. The standard InChI is InChI=1S/C20H24O5/c1-21-15-9-7-14(8-10-15)13-24-20-18-16(5-2-3-11-22-18)25-17-6-4-12-23-19(17)20/h2-4,7-10,12,16-20H,5-6,11,13H2,1H3/t16-,17+,18-,19+,20+/m1/s1. The van der Waals surface area contributed by atoms with Crippen LogP contribution in [0.15, 0.2) is 48.8 Å². The quantitative estimate of drug-likeness (QED) is 0.786. The van der Waals surface area contributed by atoms with E-state index in [4.69, 9.17) is 23.7 Å². The van der Waals surface area contributed by atoms with Gasteiger partial charge in [0.15, 0.2) is 6.10 Å². The molecule has 1 aromatic rings. The summed E-state index contributed by atoms with van der Waals surface area (Å²) >= 11 is 0. The van der Waals surface area contributed by atoms with Gasteiger partial charge in [0, 0.05) is 0 Å². The predicted octanol–water partition coefficient (Wildman–Crippen LogP) is 3.00. The summed E-state index contributed by atoms with van der Waals surface area (Å²) in [6.45, 7) is 1.09. The van der Waals surface area contributed by atoms with Gasteiger partial charge in [-0.3, -0.25) is 0 Å². The monoisotopic (exact) mass is 344 g/mol. The smallest absolute Gasteiger partial charge is 0.153 e. The van der Waals surface area contributed by atoms with E-state index in [0.29, 0.717) is 13.2 Å². The minimum absolute atomic E-state index is 0.0102. The third-order valence-corrected chi connectivity index (χ3v) is 4.95. The topological polar surface area (TPSA) is 46.2 Å². The van der Waals surface area contributed by atoms with Crippen molar-refractivity contribution in [1.82, 2.24) is 0 Å². The first-order valence-corrected chi connectivity index (χ1v) is 8.82. The zero-order chi connectivity index (χ0) is 17.1. The summed E-state index contributed by atoms with van der Waals surface area (Å²) in [4.78, 5) is 0. The molecule has 5 nitrogen and oxygen atoms in total. The van der Waals surface area contributed by atoms with E-state index in [-0.39, 0.29) is 30.5 Å². The maximum Gasteiger partial charge on any atom is 0.153 e. The Morgan fingerprint density at radius 1 is 1.00 bits per heavy atom. The third-order valence-electron chi connectivity index (χ3n) is 4.95. The summed E-state index contributed by atoms with van der Waals surface area (Å²) in [7, 11) is 1.67. The van der Waals surface area contributed by atoms with Gasteiger partial charge in [0.05, 0.1) is 32.7 Å². The van der Waals surface area contributed by atoms with Crippen LogP contribution in [-0.2, 0) is 25.6 Å². The summed E-state index contributed by atoms with van der Waals surface area (Å²) in [6.07, 6.45) is 9.24. The number of benzene rings is 1. The Kier molecular flexibility index (Phi) is 5.06. The van der Waals surface area contributed by atoms with E-state index < -0.39 is 0 Å². The summed E-state index contributed by atoms with van der Waals surface area (Å²) in [5.41, 5.74) is 1.10. The largest absolute Gasteiger partial charge is 0.497 e. The molecule has 4 rings (SSSR count). The Bertz CT molecular complexity index is 623. The first kappa shape index (κ1) is 16.6. The first-order valence-electron chi connectivity index (χ1n) is 8.82. The lowest BCUT2D eigenvalue weighted by Crippen LogP contribution is -2.60. The second kappa shape index (κ2) is 7.60. The molecule has 1 aromatic carbocycles. The summed E-state index contributed by atoms with van der Waals surface area (Å²) in [5.74, 6) is 0.842. The molecular formula is C20H24O5. The van der Waals surface area contributed by atoms with Crippen molar-refractivity contribution < 1.29 is 23.7 Å². The zero-order valence-corrected chi connectivity index (χ0v) is 14.4. The van der Waals surface area contributed by atoms with Gasteiger partial charge >= 0.3 is 0 Å². The van der Waals surface area contributed by atoms with Gasteiger partial charge in [-0.1, -0.05) is 24.3 Å². The SMILES string of the molecule is COc1ccc(CO[C@@H]2[C@H]3OC=CC[C@@H]3O[C@@H]3CC=CCO[C@@H]23)cc1. The Hall–Kier alpha value is -1.82. The molecule has 0 spiro atoms. The number of hydrogen-bond donors (Lipinski definition) is 0. The average Bonchev–Trinajstić information content (AvgIpc) is 2.91. The minimum Gasteiger partial charge on any atom is -0.497 e. The van der Waals surface area contributed by atoms with E-state index in [1.165, 1.54) is 0 Å². The Morgan fingerprint density at radius 2 is 1.80 bits per heavy atom. The molecular weight excluding hydrogens is 320 g/mol. The average molecular weight is 344 g/mol. The summed E-state index contributed by atoms with van der Waals surface area (Å²) in [6, 6.07) is 7.93. The second-order valence-electron chi connectivity index (χ2n) is 6.55. The first-order chi connectivity index (χ1) is 12.3. The van der Waals surface area contributed by atoms with Gasteiger partial charge in [-0.15, -0.1) is 0 Å². The maximum atomic E-state index is 6.30. The summed E-state index contributed by atoms with van der Waals surface area (Å²) in [5, 5.41) is 0. The molecule has 1 saturated heterocycles. The van der Waals surface area contributed by atoms with Gasteiger partial charge in [0.2, 0.25) is 0 Å². The van der Waals surface area contributed by atoms with Gasteiger partial charge in [-0.25, -0.2) is 0 Å². The van der Waals surface area contributed by atoms with E-state index in [2.05, 4.69) is 6.08 Å². The molecule has 3 aliphatic heterocycles. The highest BCUT2D eigenvalue weighted by Crippen LogP contribution is 2.34. The van der Waals surface area contributed by atoms with Crippen molar-refractivity contribution in [2.24, 2.45) is 0 Å². The summed E-state index contributed by atoms with van der Waals surface area (Å²) < 4.78 is 29.6. The van der Waals surface area contributed by atoms with Crippen molar-refractivity contribution in [3.63, 3.8) is 0 Å². The van der Waals surface area contributed by atoms with Crippen LogP contribution in [0.5, 0.6) is 5.75 Å². The molecule has 0 unspecified atom stereocenters. The van der Waals surface area contributed by atoms with Crippen LogP contribution in [0.25, 0.3) is 0 Å². The molecule has 1 fully saturated rings. The lowest BCUT2D eigenvalue weighted by Gasteiger charge is -2.46. The number of methoxy groups -OCH3 is 1. The second-order valence-corrected chi connectivity index (χ2v) is 6.55. The van der Waals surface area contributed by atoms with Crippen molar-refractivity contribution >= 4 is 0 Å². The van der Waals surface area contributed by atoms with Crippen LogP contribution in [0.1, 0.15) is 18.4 Å². The van der Waals surface area contributed by atoms with Gasteiger partial charge in [0.1, 0.15) is 24.1 Å². The van der Waals surface area contributed by atoms with E-state index in [1.54, 1.807) is 13.4 Å².